The molecule has 2 aliphatic rings. The van der Waals surface area contributed by atoms with Gasteiger partial charge in [0.25, 0.3) is 0 Å². The van der Waals surface area contributed by atoms with Crippen molar-refractivity contribution in [3.63, 3.8) is 0 Å². The van der Waals surface area contributed by atoms with Crippen molar-refractivity contribution >= 4 is 15.6 Å². The zero-order valence-corrected chi connectivity index (χ0v) is 20.7. The second-order valence-corrected chi connectivity index (χ2v) is 13.4. The van der Waals surface area contributed by atoms with Gasteiger partial charge in [-0.1, -0.05) is 25.7 Å². The second-order valence-electron chi connectivity index (χ2n) is 10.8. The molecular weight excluding hydrogens is 470 g/mol. The van der Waals surface area contributed by atoms with E-state index < -0.39 is 37.0 Å². The highest BCUT2D eigenvalue weighted by molar-refractivity contribution is 7.92. The van der Waals surface area contributed by atoms with Crippen LogP contribution in [0.25, 0.3) is 0 Å². The third-order valence-electron chi connectivity index (χ3n) is 7.89. The summed E-state index contributed by atoms with van der Waals surface area (Å²) in [5.41, 5.74) is 4.69. The van der Waals surface area contributed by atoms with Crippen LogP contribution in [0.5, 0.6) is 0 Å². The van der Waals surface area contributed by atoms with Gasteiger partial charge >= 0.3 is 6.18 Å². The van der Waals surface area contributed by atoms with Crippen LogP contribution in [0, 0.1) is 17.7 Å². The molecule has 0 unspecified atom stereocenters. The number of carbonyl (C=O) groups is 1. The molecule has 0 saturated heterocycles. The third-order valence-corrected chi connectivity index (χ3v) is 10.5. The lowest BCUT2D eigenvalue weighted by Crippen LogP contribution is -2.46. The standard InChI is InChI=1S/C25H35F4NO3S/c1-23(2,34(32,33)22-14-19(25(27,28)29)13-20(26)15-22)18-11-17(12-18)7-6-8-21(31)16-24(30)9-4-3-5-10-24/h13-15,17-18H,3-12,16,30H2,1-2H3. The summed E-state index contributed by atoms with van der Waals surface area (Å²) in [4.78, 5) is 11.7. The highest BCUT2D eigenvalue weighted by Gasteiger charge is 2.48. The van der Waals surface area contributed by atoms with Crippen molar-refractivity contribution in [1.82, 2.24) is 0 Å². The van der Waals surface area contributed by atoms with Crippen LogP contribution >= 0.6 is 0 Å². The van der Waals surface area contributed by atoms with Crippen molar-refractivity contribution in [2.45, 2.75) is 106 Å². The third kappa shape index (κ3) is 6.01. The quantitative estimate of drug-likeness (QED) is 0.405. The average Bonchev–Trinajstić information content (AvgIpc) is 2.68. The summed E-state index contributed by atoms with van der Waals surface area (Å²) in [5.74, 6) is -1.03. The van der Waals surface area contributed by atoms with Gasteiger partial charge in [0.1, 0.15) is 11.6 Å². The van der Waals surface area contributed by atoms with E-state index in [1.54, 1.807) is 0 Å². The minimum atomic E-state index is -4.84. The van der Waals surface area contributed by atoms with Crippen LogP contribution in [-0.4, -0.2) is 24.5 Å². The summed E-state index contributed by atoms with van der Waals surface area (Å²) in [6.45, 7) is 2.99. The molecule has 1 aromatic carbocycles. The molecule has 9 heteroatoms. The Morgan fingerprint density at radius 3 is 2.29 bits per heavy atom. The zero-order chi connectivity index (χ0) is 25.4. The number of Topliss-reactive ketones (excluding diaryl/α,β-unsaturated/α-hetero) is 1. The molecule has 3 rings (SSSR count). The second kappa shape index (κ2) is 9.88. The summed E-state index contributed by atoms with van der Waals surface area (Å²) in [7, 11) is -4.19. The first-order chi connectivity index (χ1) is 15.6. The summed E-state index contributed by atoms with van der Waals surface area (Å²) in [5, 5.41) is 0. The van der Waals surface area contributed by atoms with Gasteiger partial charge in [-0.25, -0.2) is 12.8 Å². The fourth-order valence-corrected chi connectivity index (χ4v) is 7.23. The van der Waals surface area contributed by atoms with E-state index in [2.05, 4.69) is 0 Å². The maximum absolute atomic E-state index is 13.8. The number of alkyl halides is 3. The molecule has 0 amide bonds. The Labute approximate surface area is 199 Å². The largest absolute Gasteiger partial charge is 0.416 e. The zero-order valence-electron chi connectivity index (χ0n) is 19.9. The van der Waals surface area contributed by atoms with Gasteiger partial charge in [0, 0.05) is 18.4 Å². The fourth-order valence-electron chi connectivity index (χ4n) is 5.45. The molecular formula is C25H35F4NO3S. The number of nitrogens with two attached hydrogens (primary N) is 1. The predicted octanol–water partition coefficient (Wildman–Crippen LogP) is 6.21. The van der Waals surface area contributed by atoms with Crippen LogP contribution in [0.2, 0.25) is 0 Å². The summed E-state index contributed by atoms with van der Waals surface area (Å²) in [6, 6.07) is 1.47. The highest BCUT2D eigenvalue weighted by Crippen LogP contribution is 2.48. The van der Waals surface area contributed by atoms with Crippen molar-refractivity contribution in [2.75, 3.05) is 0 Å². The van der Waals surface area contributed by atoms with E-state index >= 15 is 0 Å². The molecule has 0 atom stereocenters. The Morgan fingerprint density at radius 2 is 1.71 bits per heavy atom. The number of hydrogen-bond donors (Lipinski definition) is 1. The molecule has 0 bridgehead atoms. The smallest absolute Gasteiger partial charge is 0.325 e. The number of sulfone groups is 1. The minimum Gasteiger partial charge on any atom is -0.325 e. The van der Waals surface area contributed by atoms with Gasteiger partial charge in [-0.2, -0.15) is 13.2 Å². The van der Waals surface area contributed by atoms with E-state index in [-0.39, 0.29) is 23.2 Å². The first kappa shape index (κ1) is 27.1. The molecule has 0 aliphatic heterocycles. The van der Waals surface area contributed by atoms with Gasteiger partial charge in [0.2, 0.25) is 0 Å². The van der Waals surface area contributed by atoms with Crippen LogP contribution in [0.15, 0.2) is 23.1 Å². The molecule has 2 saturated carbocycles. The fraction of sp³-hybridized carbons (Fsp3) is 0.720. The van der Waals surface area contributed by atoms with Gasteiger partial charge in [0.15, 0.2) is 9.84 Å². The molecule has 2 N–H and O–H groups in total. The molecule has 0 heterocycles. The number of ketones is 1. The van der Waals surface area contributed by atoms with Crippen molar-refractivity contribution in [3.05, 3.63) is 29.6 Å². The number of halogens is 4. The van der Waals surface area contributed by atoms with E-state index in [0.29, 0.717) is 43.9 Å². The van der Waals surface area contributed by atoms with Crippen molar-refractivity contribution in [3.8, 4) is 0 Å². The molecule has 0 spiro atoms. The van der Waals surface area contributed by atoms with Crippen LogP contribution in [0.3, 0.4) is 0 Å². The predicted molar refractivity (Wildman–Crippen MR) is 122 cm³/mol. The highest BCUT2D eigenvalue weighted by atomic mass is 32.2. The number of carbonyl (C=O) groups excluding carboxylic acids is 1. The molecule has 0 aromatic heterocycles. The van der Waals surface area contributed by atoms with Gasteiger partial charge in [-0.05, 0) is 76.0 Å². The maximum Gasteiger partial charge on any atom is 0.416 e. The Balaban J connectivity index is 1.53. The van der Waals surface area contributed by atoms with E-state index in [1.165, 1.54) is 20.3 Å². The average molecular weight is 506 g/mol. The van der Waals surface area contributed by atoms with Crippen LogP contribution in [-0.2, 0) is 20.8 Å². The number of rotatable bonds is 9. The number of benzene rings is 1. The van der Waals surface area contributed by atoms with Crippen LogP contribution in [0.4, 0.5) is 17.6 Å². The molecule has 2 aliphatic carbocycles. The normalized spacial score (nSPS) is 23.4. The lowest BCUT2D eigenvalue weighted by Gasteiger charge is -2.45. The topological polar surface area (TPSA) is 77.2 Å². The Morgan fingerprint density at radius 1 is 1.09 bits per heavy atom. The summed E-state index contributed by atoms with van der Waals surface area (Å²) in [6.07, 6.45) is 3.88. The minimum absolute atomic E-state index is 0.176. The SMILES string of the molecule is CC(C)(C1CC(CCCC(=O)CC2(N)CCCCC2)C1)S(=O)(=O)c1cc(F)cc(C(F)(F)F)c1. The molecule has 0 radical (unpaired) electrons. The lowest BCUT2D eigenvalue weighted by atomic mass is 9.67. The molecule has 4 nitrogen and oxygen atoms in total. The molecule has 2 fully saturated rings. The Hall–Kier alpha value is -1.48. The van der Waals surface area contributed by atoms with Gasteiger partial charge in [-0.15, -0.1) is 0 Å². The van der Waals surface area contributed by atoms with E-state index in [1.807, 2.05) is 0 Å². The van der Waals surface area contributed by atoms with E-state index in [9.17, 15) is 30.8 Å². The van der Waals surface area contributed by atoms with Crippen molar-refractivity contribution in [1.29, 1.82) is 0 Å². The first-order valence-corrected chi connectivity index (χ1v) is 13.6. The van der Waals surface area contributed by atoms with Crippen molar-refractivity contribution in [2.24, 2.45) is 17.6 Å². The Bertz CT molecular complexity index is 992. The van der Waals surface area contributed by atoms with E-state index in [4.69, 9.17) is 5.73 Å². The molecule has 192 valence electrons. The maximum atomic E-state index is 13.8. The summed E-state index contributed by atoms with van der Waals surface area (Å²) >= 11 is 0. The van der Waals surface area contributed by atoms with Gasteiger partial charge in [0.05, 0.1) is 15.2 Å². The van der Waals surface area contributed by atoms with Gasteiger partial charge in [-0.3, -0.25) is 4.79 Å². The van der Waals surface area contributed by atoms with E-state index in [0.717, 1.165) is 38.5 Å². The lowest BCUT2D eigenvalue weighted by molar-refractivity contribution is -0.138. The monoisotopic (exact) mass is 505 g/mol. The number of hydrogen-bond acceptors (Lipinski definition) is 4. The summed E-state index contributed by atoms with van der Waals surface area (Å²) < 4.78 is 78.0. The van der Waals surface area contributed by atoms with Crippen LogP contribution in [0.1, 0.15) is 90.0 Å². The van der Waals surface area contributed by atoms with Crippen molar-refractivity contribution < 1.29 is 30.8 Å². The first-order valence-electron chi connectivity index (χ1n) is 12.1. The Kier molecular flexibility index (Phi) is 7.88. The molecule has 34 heavy (non-hydrogen) atoms. The molecule has 1 aromatic rings. The van der Waals surface area contributed by atoms with Gasteiger partial charge < -0.3 is 5.73 Å². The van der Waals surface area contributed by atoms with Crippen LogP contribution < -0.4 is 5.73 Å².